The van der Waals surface area contributed by atoms with Gasteiger partial charge in [0.25, 0.3) is 0 Å². The number of amides is 5. The maximum Gasteiger partial charge on any atom is 0.407 e. The Morgan fingerprint density at radius 1 is 0.674 bits per heavy atom. The van der Waals surface area contributed by atoms with Gasteiger partial charge in [-0.2, -0.15) is 0 Å². The summed E-state index contributed by atoms with van der Waals surface area (Å²) in [6, 6.07) is 33.9. The van der Waals surface area contributed by atoms with Gasteiger partial charge in [-0.25, -0.2) is 9.59 Å². The number of benzene rings is 4. The van der Waals surface area contributed by atoms with Gasteiger partial charge in [0, 0.05) is 19.6 Å². The molecule has 0 spiro atoms. The molecule has 0 saturated carbocycles. The zero-order valence-corrected chi connectivity index (χ0v) is 25.5. The van der Waals surface area contributed by atoms with Gasteiger partial charge in [0.15, 0.2) is 0 Å². The number of nitrogens with two attached hydrogens (primary N) is 2. The lowest BCUT2D eigenvalue weighted by Crippen LogP contribution is -2.49. The van der Waals surface area contributed by atoms with E-state index in [0.29, 0.717) is 6.42 Å². The molecule has 46 heavy (non-hydrogen) atoms. The van der Waals surface area contributed by atoms with Crippen LogP contribution in [0.15, 0.2) is 115 Å². The lowest BCUT2D eigenvalue weighted by Gasteiger charge is -2.33. The summed E-state index contributed by atoms with van der Waals surface area (Å²) in [7, 11) is 0. The van der Waals surface area contributed by atoms with Crippen LogP contribution < -0.4 is 22.1 Å². The Labute approximate surface area is 268 Å². The van der Waals surface area contributed by atoms with Crippen molar-refractivity contribution in [3.63, 3.8) is 0 Å². The van der Waals surface area contributed by atoms with Crippen molar-refractivity contribution in [1.82, 2.24) is 15.5 Å². The summed E-state index contributed by atoms with van der Waals surface area (Å²) in [6.45, 7) is 0.726. The number of hydrogen-bond acceptors (Lipinski definition) is 5. The molecule has 0 aliphatic carbocycles. The van der Waals surface area contributed by atoms with Crippen LogP contribution >= 0.6 is 0 Å². The number of hydrogen-bond donors (Lipinski definition) is 4. The Morgan fingerprint density at radius 2 is 1.22 bits per heavy atom. The molecule has 0 bridgehead atoms. The van der Waals surface area contributed by atoms with E-state index in [9.17, 15) is 19.2 Å². The topological polar surface area (TPSA) is 157 Å². The normalized spacial score (nSPS) is 11.3. The lowest BCUT2D eigenvalue weighted by molar-refractivity contribution is -0.141. The quantitative estimate of drug-likeness (QED) is 0.143. The Morgan fingerprint density at radius 3 is 1.76 bits per heavy atom. The number of nitrogens with one attached hydrogen (secondary N) is 2. The van der Waals surface area contributed by atoms with E-state index in [2.05, 4.69) is 10.6 Å². The zero-order valence-electron chi connectivity index (χ0n) is 25.5. The van der Waals surface area contributed by atoms with Gasteiger partial charge in [-0.1, -0.05) is 115 Å². The maximum absolute atomic E-state index is 14.6. The van der Waals surface area contributed by atoms with Gasteiger partial charge in [0.2, 0.25) is 11.8 Å². The van der Waals surface area contributed by atoms with Gasteiger partial charge in [-0.05, 0) is 40.7 Å². The Bertz CT molecular complexity index is 1530. The van der Waals surface area contributed by atoms with E-state index in [1.807, 2.05) is 115 Å². The molecule has 0 radical (unpaired) electrons. The molecule has 0 fully saturated rings. The highest BCUT2D eigenvalue weighted by molar-refractivity contribution is 5.92. The maximum atomic E-state index is 14.6. The van der Waals surface area contributed by atoms with Gasteiger partial charge in [-0.15, -0.1) is 0 Å². The van der Waals surface area contributed by atoms with E-state index in [1.54, 1.807) is 0 Å². The third kappa shape index (κ3) is 9.95. The molecule has 0 saturated heterocycles. The Kier molecular flexibility index (Phi) is 12.3. The monoisotopic (exact) mass is 621 g/mol. The van der Waals surface area contributed by atoms with Crippen LogP contribution in [0.5, 0.6) is 0 Å². The van der Waals surface area contributed by atoms with Crippen molar-refractivity contribution < 1.29 is 23.9 Å². The second-order valence-electron chi connectivity index (χ2n) is 10.8. The van der Waals surface area contributed by atoms with E-state index in [-0.39, 0.29) is 38.6 Å². The van der Waals surface area contributed by atoms with Gasteiger partial charge >= 0.3 is 12.1 Å². The molecule has 1 atom stereocenters. The van der Waals surface area contributed by atoms with Crippen molar-refractivity contribution in [2.45, 2.75) is 44.5 Å². The van der Waals surface area contributed by atoms with Gasteiger partial charge in [0.1, 0.15) is 12.6 Å². The molecule has 0 heterocycles. The van der Waals surface area contributed by atoms with Crippen LogP contribution in [-0.4, -0.2) is 41.4 Å². The van der Waals surface area contributed by atoms with E-state index in [0.717, 1.165) is 27.8 Å². The molecule has 0 aliphatic rings. The van der Waals surface area contributed by atoms with Crippen LogP contribution in [0.1, 0.15) is 46.6 Å². The van der Waals surface area contributed by atoms with Gasteiger partial charge < -0.3 is 31.7 Å². The molecular formula is C36H39N5O5. The minimum Gasteiger partial charge on any atom is -0.445 e. The number of primary amides is 2. The smallest absolute Gasteiger partial charge is 0.407 e. The number of rotatable bonds is 15. The number of carbonyl (C=O) groups is 4. The minimum atomic E-state index is -0.958. The predicted octanol–water partition coefficient (Wildman–Crippen LogP) is 4.58. The van der Waals surface area contributed by atoms with E-state index >= 15 is 0 Å². The van der Waals surface area contributed by atoms with Crippen LogP contribution in [-0.2, 0) is 34.0 Å². The van der Waals surface area contributed by atoms with Crippen LogP contribution in [0, 0.1) is 0 Å². The Balaban J connectivity index is 1.54. The number of ether oxygens (including phenoxy) is 1. The number of alkyl carbamates (subject to hydrolysis) is 1. The molecule has 4 aromatic carbocycles. The van der Waals surface area contributed by atoms with Crippen LogP contribution in [0.25, 0.3) is 0 Å². The third-order valence-electron chi connectivity index (χ3n) is 7.48. The summed E-state index contributed by atoms with van der Waals surface area (Å²) in [4.78, 5) is 52.5. The largest absolute Gasteiger partial charge is 0.445 e. The minimum absolute atomic E-state index is 0.110. The van der Waals surface area contributed by atoms with Crippen LogP contribution in [0.2, 0.25) is 0 Å². The fourth-order valence-corrected chi connectivity index (χ4v) is 5.14. The second-order valence-corrected chi connectivity index (χ2v) is 10.8. The van der Waals surface area contributed by atoms with Gasteiger partial charge in [-0.3, -0.25) is 9.59 Å². The third-order valence-corrected chi connectivity index (χ3v) is 7.48. The molecule has 10 nitrogen and oxygen atoms in total. The highest BCUT2D eigenvalue weighted by atomic mass is 16.5. The molecule has 0 aromatic heterocycles. The first-order valence-electron chi connectivity index (χ1n) is 15.1. The lowest BCUT2D eigenvalue weighted by atomic mass is 9.89. The van der Waals surface area contributed by atoms with Crippen LogP contribution in [0.4, 0.5) is 9.59 Å². The number of nitrogens with zero attached hydrogens (tertiary/aromatic N) is 1. The van der Waals surface area contributed by atoms with E-state index in [1.165, 1.54) is 4.90 Å². The van der Waals surface area contributed by atoms with Gasteiger partial charge in [0.05, 0.1) is 5.92 Å². The molecule has 4 rings (SSSR count). The summed E-state index contributed by atoms with van der Waals surface area (Å²) in [6.07, 6.45) is 0.0138. The first-order valence-corrected chi connectivity index (χ1v) is 15.1. The SMILES string of the molecule is NC(=O)NCc1ccc(CN(C(=O)C(c2ccccc2)c2ccccc2)[C@H](CCCNC(=O)OCc2ccccc2)C(N)=O)cc1. The predicted molar refractivity (Wildman–Crippen MR) is 175 cm³/mol. The summed E-state index contributed by atoms with van der Waals surface area (Å²) in [5.74, 6) is -1.62. The van der Waals surface area contributed by atoms with Crippen molar-refractivity contribution in [1.29, 1.82) is 0 Å². The fraction of sp³-hybridized carbons (Fsp3) is 0.222. The first kappa shape index (κ1) is 33.3. The summed E-state index contributed by atoms with van der Waals surface area (Å²) in [5, 5.41) is 5.26. The fourth-order valence-electron chi connectivity index (χ4n) is 5.14. The average molecular weight is 622 g/mol. The Hall–Kier alpha value is -5.64. The van der Waals surface area contributed by atoms with Crippen LogP contribution in [0.3, 0.4) is 0 Å². The molecule has 5 amide bonds. The molecule has 4 aromatic rings. The molecule has 0 aliphatic heterocycles. The van der Waals surface area contributed by atoms with E-state index < -0.39 is 30.0 Å². The summed E-state index contributed by atoms with van der Waals surface area (Å²) < 4.78 is 5.28. The number of carbonyl (C=O) groups excluding carboxylic acids is 4. The highest BCUT2D eigenvalue weighted by Crippen LogP contribution is 2.29. The van der Waals surface area contributed by atoms with Crippen molar-refractivity contribution in [3.8, 4) is 0 Å². The van der Waals surface area contributed by atoms with Crippen molar-refractivity contribution in [2.75, 3.05) is 6.54 Å². The summed E-state index contributed by atoms with van der Waals surface area (Å²) in [5.41, 5.74) is 15.2. The second kappa shape index (κ2) is 17.0. The summed E-state index contributed by atoms with van der Waals surface area (Å²) >= 11 is 0. The molecule has 6 N–H and O–H groups in total. The first-order chi connectivity index (χ1) is 22.3. The molecule has 238 valence electrons. The van der Waals surface area contributed by atoms with Crippen molar-refractivity contribution in [3.05, 3.63) is 143 Å². The standard InChI is InChI=1S/C36H39N5O5/c37-33(42)31(17-10-22-39-36(45)46-25-28-11-4-1-5-12-28)41(24-27-20-18-26(19-21-27)23-40-35(38)44)34(43)32(29-13-6-2-7-14-29)30-15-8-3-9-16-30/h1-9,11-16,18-21,31-32H,10,17,22-25H2,(H2,37,42)(H,39,45)(H3,38,40,44)/t31-/m1/s1. The van der Waals surface area contributed by atoms with Crippen molar-refractivity contribution >= 4 is 23.9 Å². The zero-order chi connectivity index (χ0) is 32.7. The molecular weight excluding hydrogens is 582 g/mol. The molecule has 10 heteroatoms. The molecule has 0 unspecified atom stereocenters. The highest BCUT2D eigenvalue weighted by Gasteiger charge is 2.34. The number of urea groups is 1. The van der Waals surface area contributed by atoms with E-state index in [4.69, 9.17) is 16.2 Å². The average Bonchev–Trinajstić information content (AvgIpc) is 3.07. The van der Waals surface area contributed by atoms with Crippen molar-refractivity contribution in [2.24, 2.45) is 11.5 Å².